The average Bonchev–Trinajstić information content (AvgIpc) is 2.25. The Morgan fingerprint density at radius 1 is 1.33 bits per heavy atom. The Morgan fingerprint density at radius 3 is 2.33 bits per heavy atom. The smallest absolute Gasteiger partial charge is 0.368 e. The van der Waals surface area contributed by atoms with E-state index in [2.05, 4.69) is 0 Å². The second kappa shape index (κ2) is 5.86. The Morgan fingerprint density at radius 2 is 1.89 bits per heavy atom. The maximum atomic E-state index is 12.3. The number of nitrogens with two attached hydrogens (primary N) is 1. The summed E-state index contributed by atoms with van der Waals surface area (Å²) in [5.74, 6) is -0.967. The molecule has 0 aromatic heterocycles. The van der Waals surface area contributed by atoms with Crippen molar-refractivity contribution in [2.75, 3.05) is 7.05 Å². The van der Waals surface area contributed by atoms with E-state index in [1.54, 1.807) is 24.3 Å². The third-order valence-corrected chi connectivity index (χ3v) is 2.56. The molecular weight excluding hydrogens is 245 g/mol. The van der Waals surface area contributed by atoms with E-state index in [9.17, 15) is 18.0 Å². The molecule has 0 spiro atoms. The number of carbonyl (C=O) groups excluding carboxylic acids is 1. The number of rotatable bonds is 5. The van der Waals surface area contributed by atoms with Gasteiger partial charge in [-0.1, -0.05) is 30.3 Å². The molecule has 3 nitrogen and oxygen atoms in total. The monoisotopic (exact) mass is 260 g/mol. The van der Waals surface area contributed by atoms with Crippen LogP contribution in [0.25, 0.3) is 0 Å². The zero-order valence-corrected chi connectivity index (χ0v) is 9.95. The molecule has 0 saturated heterocycles. The maximum Gasteiger partial charge on any atom is 0.391 e. The number of amides is 1. The van der Waals surface area contributed by atoms with Gasteiger partial charge in [0.1, 0.15) is 0 Å². The van der Waals surface area contributed by atoms with Crippen molar-refractivity contribution >= 4 is 5.91 Å². The van der Waals surface area contributed by atoms with E-state index in [-0.39, 0.29) is 6.54 Å². The minimum Gasteiger partial charge on any atom is -0.368 e. The van der Waals surface area contributed by atoms with Gasteiger partial charge in [-0.15, -0.1) is 0 Å². The number of hydrogen-bond donors (Lipinski definition) is 1. The summed E-state index contributed by atoms with van der Waals surface area (Å²) in [6.45, 7) is 0.241. The number of alkyl halides is 3. The van der Waals surface area contributed by atoms with Gasteiger partial charge in [0.05, 0.1) is 12.5 Å². The van der Waals surface area contributed by atoms with Gasteiger partial charge < -0.3 is 5.73 Å². The molecule has 0 aliphatic heterocycles. The van der Waals surface area contributed by atoms with E-state index in [1.165, 1.54) is 11.9 Å². The average molecular weight is 260 g/mol. The summed E-state index contributed by atoms with van der Waals surface area (Å²) < 4.78 is 37.0. The van der Waals surface area contributed by atoms with Crippen LogP contribution in [-0.4, -0.2) is 30.1 Å². The number of likely N-dealkylation sites (N-methyl/N-ethyl adjacent to an activating group) is 1. The molecule has 0 aliphatic carbocycles. The molecule has 6 heteroatoms. The van der Waals surface area contributed by atoms with Crippen molar-refractivity contribution in [1.29, 1.82) is 0 Å². The Bertz CT molecular complexity index is 392. The Balaban J connectivity index is 2.72. The van der Waals surface area contributed by atoms with Gasteiger partial charge in [0.25, 0.3) is 0 Å². The highest BCUT2D eigenvalue weighted by atomic mass is 19.4. The van der Waals surface area contributed by atoms with Crippen LogP contribution in [0, 0.1) is 0 Å². The van der Waals surface area contributed by atoms with E-state index >= 15 is 0 Å². The van der Waals surface area contributed by atoms with Gasteiger partial charge in [0.2, 0.25) is 5.91 Å². The van der Waals surface area contributed by atoms with E-state index in [1.807, 2.05) is 6.07 Å². The minimum atomic E-state index is -4.41. The summed E-state index contributed by atoms with van der Waals surface area (Å²) >= 11 is 0. The summed E-state index contributed by atoms with van der Waals surface area (Å²) in [6.07, 6.45) is -5.64. The van der Waals surface area contributed by atoms with Gasteiger partial charge in [-0.25, -0.2) is 0 Å². The summed E-state index contributed by atoms with van der Waals surface area (Å²) in [5.41, 5.74) is 5.85. The molecule has 0 aliphatic rings. The number of nitrogens with zero attached hydrogens (tertiary/aromatic N) is 1. The first-order chi connectivity index (χ1) is 8.29. The number of benzene rings is 1. The van der Waals surface area contributed by atoms with Crippen molar-refractivity contribution < 1.29 is 18.0 Å². The van der Waals surface area contributed by atoms with Gasteiger partial charge in [-0.05, 0) is 12.6 Å². The highest BCUT2D eigenvalue weighted by Gasteiger charge is 2.36. The van der Waals surface area contributed by atoms with Crippen LogP contribution in [0.15, 0.2) is 30.3 Å². The predicted molar refractivity (Wildman–Crippen MR) is 61.6 cm³/mol. The lowest BCUT2D eigenvalue weighted by molar-refractivity contribution is -0.155. The third kappa shape index (κ3) is 4.75. The summed E-state index contributed by atoms with van der Waals surface area (Å²) in [4.78, 5) is 12.4. The number of primary amides is 1. The fourth-order valence-electron chi connectivity index (χ4n) is 1.67. The van der Waals surface area contributed by atoms with Crippen molar-refractivity contribution in [1.82, 2.24) is 4.90 Å². The molecule has 1 aromatic rings. The van der Waals surface area contributed by atoms with Gasteiger partial charge in [-0.2, -0.15) is 13.2 Å². The van der Waals surface area contributed by atoms with Crippen molar-refractivity contribution in [3.8, 4) is 0 Å². The minimum absolute atomic E-state index is 0.241. The van der Waals surface area contributed by atoms with Crippen LogP contribution in [-0.2, 0) is 11.3 Å². The van der Waals surface area contributed by atoms with E-state index < -0.39 is 24.5 Å². The van der Waals surface area contributed by atoms with E-state index in [0.717, 1.165) is 5.56 Å². The quantitative estimate of drug-likeness (QED) is 0.879. The molecule has 1 atom stereocenters. The van der Waals surface area contributed by atoms with Gasteiger partial charge in [0, 0.05) is 6.54 Å². The summed E-state index contributed by atoms with van der Waals surface area (Å²) in [6, 6.07) is 7.60. The van der Waals surface area contributed by atoms with Crippen LogP contribution in [0.4, 0.5) is 13.2 Å². The zero-order chi connectivity index (χ0) is 13.8. The van der Waals surface area contributed by atoms with E-state index in [4.69, 9.17) is 5.73 Å². The first-order valence-corrected chi connectivity index (χ1v) is 5.40. The van der Waals surface area contributed by atoms with E-state index in [0.29, 0.717) is 0 Å². The highest BCUT2D eigenvalue weighted by molar-refractivity contribution is 5.79. The van der Waals surface area contributed by atoms with Crippen LogP contribution in [0.5, 0.6) is 0 Å². The normalized spacial score (nSPS) is 13.6. The van der Waals surface area contributed by atoms with Crippen molar-refractivity contribution in [3.05, 3.63) is 35.9 Å². The van der Waals surface area contributed by atoms with Crippen LogP contribution in [0.3, 0.4) is 0 Å². The van der Waals surface area contributed by atoms with Crippen LogP contribution in [0.2, 0.25) is 0 Å². The second-order valence-electron chi connectivity index (χ2n) is 4.14. The largest absolute Gasteiger partial charge is 0.391 e. The lowest BCUT2D eigenvalue weighted by Crippen LogP contribution is -2.44. The van der Waals surface area contributed by atoms with Gasteiger partial charge in [-0.3, -0.25) is 9.69 Å². The molecule has 18 heavy (non-hydrogen) atoms. The van der Waals surface area contributed by atoms with Crippen molar-refractivity contribution in [2.24, 2.45) is 5.73 Å². The predicted octanol–water partition coefficient (Wildman–Crippen LogP) is 1.92. The van der Waals surface area contributed by atoms with Crippen LogP contribution < -0.4 is 5.73 Å². The molecule has 2 N–H and O–H groups in total. The first-order valence-electron chi connectivity index (χ1n) is 5.40. The molecule has 0 heterocycles. The standard InChI is InChI=1S/C12H15F3N2O/c1-17(8-9-5-3-2-4-6-9)10(11(16)18)7-12(13,14)15/h2-6,10H,7-8H2,1H3,(H2,16,18). The molecule has 0 bridgehead atoms. The summed E-state index contributed by atoms with van der Waals surface area (Å²) in [7, 11) is 1.45. The number of carbonyl (C=O) groups is 1. The first kappa shape index (κ1) is 14.5. The maximum absolute atomic E-state index is 12.3. The van der Waals surface area contributed by atoms with Gasteiger partial charge >= 0.3 is 6.18 Å². The molecule has 1 aromatic carbocycles. The zero-order valence-electron chi connectivity index (χ0n) is 9.95. The topological polar surface area (TPSA) is 46.3 Å². The Kier molecular flexibility index (Phi) is 4.72. The summed E-state index contributed by atoms with van der Waals surface area (Å²) in [5, 5.41) is 0. The molecule has 1 amide bonds. The lowest BCUT2D eigenvalue weighted by Gasteiger charge is -2.26. The molecule has 0 saturated carbocycles. The number of hydrogen-bond acceptors (Lipinski definition) is 2. The SMILES string of the molecule is CN(Cc1ccccc1)C(CC(F)(F)F)C(N)=O. The molecule has 100 valence electrons. The second-order valence-corrected chi connectivity index (χ2v) is 4.14. The van der Waals surface area contributed by atoms with Crippen molar-refractivity contribution in [2.45, 2.75) is 25.2 Å². The van der Waals surface area contributed by atoms with Crippen LogP contribution >= 0.6 is 0 Å². The van der Waals surface area contributed by atoms with Crippen molar-refractivity contribution in [3.63, 3.8) is 0 Å². The Labute approximate surface area is 103 Å². The molecule has 0 fully saturated rings. The molecule has 1 unspecified atom stereocenters. The Hall–Kier alpha value is -1.56. The fraction of sp³-hybridized carbons (Fsp3) is 0.417. The molecular formula is C12H15F3N2O. The third-order valence-electron chi connectivity index (χ3n) is 2.56. The van der Waals surface area contributed by atoms with Crippen LogP contribution in [0.1, 0.15) is 12.0 Å². The molecule has 0 radical (unpaired) electrons. The lowest BCUT2D eigenvalue weighted by atomic mass is 10.1. The fourth-order valence-corrected chi connectivity index (χ4v) is 1.67. The molecule has 1 rings (SSSR count). The number of halogens is 3. The highest BCUT2D eigenvalue weighted by Crippen LogP contribution is 2.24. The van der Waals surface area contributed by atoms with Gasteiger partial charge in [0.15, 0.2) is 0 Å².